The Bertz CT molecular complexity index is 599. The lowest BCUT2D eigenvalue weighted by Gasteiger charge is -2.24. The fourth-order valence-corrected chi connectivity index (χ4v) is 2.22. The SMILES string of the molecule is CCN(c1ccc(C(C)O)c(O)c1)c1ccccc1F. The molecular formula is C16H18FNO2. The van der Waals surface area contributed by atoms with Crippen LogP contribution in [0.2, 0.25) is 0 Å². The zero-order valence-corrected chi connectivity index (χ0v) is 11.5. The lowest BCUT2D eigenvalue weighted by Crippen LogP contribution is -2.17. The van der Waals surface area contributed by atoms with E-state index in [2.05, 4.69) is 0 Å². The molecule has 2 aromatic rings. The molecule has 0 radical (unpaired) electrons. The van der Waals surface area contributed by atoms with E-state index in [9.17, 15) is 14.6 Å². The summed E-state index contributed by atoms with van der Waals surface area (Å²) in [4.78, 5) is 1.76. The largest absolute Gasteiger partial charge is 0.507 e. The maximum atomic E-state index is 13.9. The molecule has 0 heterocycles. The molecular weight excluding hydrogens is 257 g/mol. The number of aliphatic hydroxyl groups is 1. The van der Waals surface area contributed by atoms with Gasteiger partial charge in [0.1, 0.15) is 11.6 Å². The molecule has 106 valence electrons. The normalized spacial score (nSPS) is 12.2. The average molecular weight is 275 g/mol. The number of aromatic hydroxyl groups is 1. The van der Waals surface area contributed by atoms with E-state index in [-0.39, 0.29) is 11.6 Å². The summed E-state index contributed by atoms with van der Waals surface area (Å²) in [5.41, 5.74) is 1.59. The van der Waals surface area contributed by atoms with Crippen LogP contribution in [0.5, 0.6) is 5.75 Å². The molecule has 0 spiro atoms. The van der Waals surface area contributed by atoms with Crippen LogP contribution in [0.25, 0.3) is 0 Å². The number of phenols is 1. The molecule has 2 rings (SSSR count). The van der Waals surface area contributed by atoms with Gasteiger partial charge in [0.15, 0.2) is 0 Å². The molecule has 1 unspecified atom stereocenters. The predicted molar refractivity (Wildman–Crippen MR) is 77.8 cm³/mol. The van der Waals surface area contributed by atoms with Gasteiger partial charge in [0.2, 0.25) is 0 Å². The molecule has 0 aliphatic carbocycles. The molecule has 0 bridgehead atoms. The van der Waals surface area contributed by atoms with E-state index in [1.807, 2.05) is 6.92 Å². The minimum Gasteiger partial charge on any atom is -0.507 e. The first-order chi connectivity index (χ1) is 9.54. The molecule has 0 saturated carbocycles. The van der Waals surface area contributed by atoms with Gasteiger partial charge in [-0.15, -0.1) is 0 Å². The van der Waals surface area contributed by atoms with Crippen LogP contribution < -0.4 is 4.90 Å². The van der Waals surface area contributed by atoms with Crippen molar-refractivity contribution in [2.24, 2.45) is 0 Å². The zero-order chi connectivity index (χ0) is 14.7. The molecule has 20 heavy (non-hydrogen) atoms. The van der Waals surface area contributed by atoms with E-state index in [0.29, 0.717) is 23.5 Å². The predicted octanol–water partition coefficient (Wildman–Crippen LogP) is 3.74. The second kappa shape index (κ2) is 5.92. The van der Waals surface area contributed by atoms with Crippen molar-refractivity contribution < 1.29 is 14.6 Å². The molecule has 3 nitrogen and oxygen atoms in total. The van der Waals surface area contributed by atoms with Gasteiger partial charge in [0, 0.05) is 23.9 Å². The number of hydrogen-bond donors (Lipinski definition) is 2. The highest BCUT2D eigenvalue weighted by molar-refractivity contribution is 5.65. The first kappa shape index (κ1) is 14.3. The van der Waals surface area contributed by atoms with Crippen LogP contribution in [0.3, 0.4) is 0 Å². The van der Waals surface area contributed by atoms with Gasteiger partial charge in [-0.05, 0) is 32.0 Å². The molecule has 0 aromatic heterocycles. The first-order valence-corrected chi connectivity index (χ1v) is 6.57. The second-order valence-corrected chi connectivity index (χ2v) is 4.61. The minimum absolute atomic E-state index is 0.00675. The molecule has 2 aromatic carbocycles. The standard InChI is InChI=1S/C16H18FNO2/c1-3-18(15-7-5-4-6-14(15)17)12-8-9-13(11(2)19)16(20)10-12/h4-11,19-20H,3H2,1-2H3. The van der Waals surface area contributed by atoms with Gasteiger partial charge in [0.05, 0.1) is 11.8 Å². The van der Waals surface area contributed by atoms with Gasteiger partial charge >= 0.3 is 0 Å². The van der Waals surface area contributed by atoms with Gasteiger partial charge in [-0.25, -0.2) is 4.39 Å². The van der Waals surface area contributed by atoms with E-state index in [1.165, 1.54) is 12.1 Å². The molecule has 2 N–H and O–H groups in total. The number of rotatable bonds is 4. The van der Waals surface area contributed by atoms with Crippen LogP contribution in [0.1, 0.15) is 25.5 Å². The molecule has 0 saturated heterocycles. The number of nitrogens with zero attached hydrogens (tertiary/aromatic N) is 1. The van der Waals surface area contributed by atoms with Crippen molar-refractivity contribution in [3.05, 3.63) is 53.8 Å². The number of para-hydroxylation sites is 1. The molecule has 0 aliphatic heterocycles. The number of halogens is 1. The van der Waals surface area contributed by atoms with E-state index in [4.69, 9.17) is 0 Å². The van der Waals surface area contributed by atoms with E-state index in [1.54, 1.807) is 42.2 Å². The van der Waals surface area contributed by atoms with E-state index >= 15 is 0 Å². The van der Waals surface area contributed by atoms with Gasteiger partial charge in [-0.2, -0.15) is 0 Å². The Morgan fingerprint density at radius 1 is 1.20 bits per heavy atom. The van der Waals surface area contributed by atoms with Crippen LogP contribution >= 0.6 is 0 Å². The summed E-state index contributed by atoms with van der Waals surface area (Å²) in [5, 5.41) is 19.5. The van der Waals surface area contributed by atoms with Crippen molar-refractivity contribution in [1.29, 1.82) is 0 Å². The number of benzene rings is 2. The van der Waals surface area contributed by atoms with Crippen molar-refractivity contribution in [2.75, 3.05) is 11.4 Å². The third-order valence-corrected chi connectivity index (χ3v) is 3.24. The molecule has 0 aliphatic rings. The summed E-state index contributed by atoms with van der Waals surface area (Å²) in [6.07, 6.45) is -0.743. The summed E-state index contributed by atoms with van der Waals surface area (Å²) in [6, 6.07) is 11.5. The van der Waals surface area contributed by atoms with Crippen molar-refractivity contribution in [1.82, 2.24) is 0 Å². The summed E-state index contributed by atoms with van der Waals surface area (Å²) >= 11 is 0. The highest BCUT2D eigenvalue weighted by atomic mass is 19.1. The molecule has 4 heteroatoms. The highest BCUT2D eigenvalue weighted by Gasteiger charge is 2.14. The van der Waals surface area contributed by atoms with Gasteiger partial charge in [0.25, 0.3) is 0 Å². The number of phenolic OH excluding ortho intramolecular Hbond substituents is 1. The van der Waals surface area contributed by atoms with Crippen molar-refractivity contribution in [2.45, 2.75) is 20.0 Å². The zero-order valence-electron chi connectivity index (χ0n) is 11.5. The molecule has 0 amide bonds. The first-order valence-electron chi connectivity index (χ1n) is 6.57. The number of hydrogen-bond acceptors (Lipinski definition) is 3. The summed E-state index contributed by atoms with van der Waals surface area (Å²) in [6.45, 7) is 4.06. The Kier molecular flexibility index (Phi) is 4.25. The Labute approximate surface area is 117 Å². The number of aliphatic hydroxyl groups excluding tert-OH is 1. The monoisotopic (exact) mass is 275 g/mol. The molecule has 1 atom stereocenters. The minimum atomic E-state index is -0.743. The summed E-state index contributed by atoms with van der Waals surface area (Å²) < 4.78 is 13.9. The maximum Gasteiger partial charge on any atom is 0.146 e. The Morgan fingerprint density at radius 2 is 1.90 bits per heavy atom. The van der Waals surface area contributed by atoms with Crippen LogP contribution in [0, 0.1) is 5.82 Å². The lowest BCUT2D eigenvalue weighted by molar-refractivity contribution is 0.195. The Morgan fingerprint density at radius 3 is 2.45 bits per heavy atom. The van der Waals surface area contributed by atoms with Crippen molar-refractivity contribution in [3.63, 3.8) is 0 Å². The average Bonchev–Trinajstić information content (AvgIpc) is 2.41. The lowest BCUT2D eigenvalue weighted by atomic mass is 10.1. The summed E-state index contributed by atoms with van der Waals surface area (Å²) in [5.74, 6) is -0.305. The van der Waals surface area contributed by atoms with Crippen LogP contribution in [-0.4, -0.2) is 16.8 Å². The van der Waals surface area contributed by atoms with Crippen molar-refractivity contribution in [3.8, 4) is 5.75 Å². The maximum absolute atomic E-state index is 13.9. The highest BCUT2D eigenvalue weighted by Crippen LogP contribution is 2.33. The quantitative estimate of drug-likeness (QED) is 0.893. The smallest absolute Gasteiger partial charge is 0.146 e. The number of anilines is 2. The third kappa shape index (κ3) is 2.75. The Hall–Kier alpha value is -2.07. The van der Waals surface area contributed by atoms with Crippen LogP contribution in [0.15, 0.2) is 42.5 Å². The van der Waals surface area contributed by atoms with Crippen LogP contribution in [0.4, 0.5) is 15.8 Å². The van der Waals surface area contributed by atoms with Crippen LogP contribution in [-0.2, 0) is 0 Å². The van der Waals surface area contributed by atoms with E-state index in [0.717, 1.165) is 0 Å². The fraction of sp³-hybridized carbons (Fsp3) is 0.250. The fourth-order valence-electron chi connectivity index (χ4n) is 2.22. The van der Waals surface area contributed by atoms with E-state index < -0.39 is 6.10 Å². The third-order valence-electron chi connectivity index (χ3n) is 3.24. The molecule has 0 fully saturated rings. The topological polar surface area (TPSA) is 43.7 Å². The van der Waals surface area contributed by atoms with Gasteiger partial charge < -0.3 is 15.1 Å². The second-order valence-electron chi connectivity index (χ2n) is 4.61. The van der Waals surface area contributed by atoms with Crippen molar-refractivity contribution >= 4 is 11.4 Å². The summed E-state index contributed by atoms with van der Waals surface area (Å²) in [7, 11) is 0. The van der Waals surface area contributed by atoms with Gasteiger partial charge in [-0.3, -0.25) is 0 Å². The Balaban J connectivity index is 2.43. The van der Waals surface area contributed by atoms with Gasteiger partial charge in [-0.1, -0.05) is 18.2 Å².